The number of hydrogen-bond donors (Lipinski definition) is 0. The smallest absolute Gasteiger partial charge is 0.168 e. The third kappa shape index (κ3) is 4.99. The van der Waals surface area contributed by atoms with E-state index in [0.717, 1.165) is 44.2 Å². The number of piperazine rings is 1. The maximum Gasteiger partial charge on any atom is 0.168 e. The van der Waals surface area contributed by atoms with E-state index >= 15 is 0 Å². The SMILES string of the molecule is COCCn1nnnc1[C@H](CC(C)C)N1CCN(c2ccc(OC)cc2)CC1. The van der Waals surface area contributed by atoms with Crippen LogP contribution in [0.1, 0.15) is 32.1 Å². The van der Waals surface area contributed by atoms with E-state index in [2.05, 4.69) is 51.3 Å². The number of hydrogen-bond acceptors (Lipinski definition) is 7. The van der Waals surface area contributed by atoms with Gasteiger partial charge in [-0.15, -0.1) is 5.10 Å². The van der Waals surface area contributed by atoms with Crippen molar-refractivity contribution >= 4 is 5.69 Å². The lowest BCUT2D eigenvalue weighted by Gasteiger charge is -2.40. The molecule has 1 aliphatic rings. The van der Waals surface area contributed by atoms with Crippen molar-refractivity contribution in [1.29, 1.82) is 0 Å². The van der Waals surface area contributed by atoms with Gasteiger partial charge in [0, 0.05) is 39.0 Å². The Labute approximate surface area is 167 Å². The fourth-order valence-electron chi connectivity index (χ4n) is 3.74. The predicted octanol–water partition coefficient (Wildman–Crippen LogP) is 2.24. The number of nitrogens with zero attached hydrogens (tertiary/aromatic N) is 6. The van der Waals surface area contributed by atoms with Crippen molar-refractivity contribution in [3.05, 3.63) is 30.1 Å². The van der Waals surface area contributed by atoms with Crippen molar-refractivity contribution < 1.29 is 9.47 Å². The lowest BCUT2D eigenvalue weighted by atomic mass is 10.0. The summed E-state index contributed by atoms with van der Waals surface area (Å²) < 4.78 is 12.4. The van der Waals surface area contributed by atoms with Crippen LogP contribution in [-0.4, -0.2) is 72.1 Å². The first-order chi connectivity index (χ1) is 13.6. The molecule has 2 aromatic rings. The van der Waals surface area contributed by atoms with E-state index in [-0.39, 0.29) is 6.04 Å². The third-order valence-electron chi connectivity index (χ3n) is 5.25. The van der Waals surface area contributed by atoms with Gasteiger partial charge in [0.05, 0.1) is 26.3 Å². The van der Waals surface area contributed by atoms with Crippen molar-refractivity contribution in [1.82, 2.24) is 25.1 Å². The monoisotopic (exact) mass is 388 g/mol. The Morgan fingerprint density at radius 2 is 1.75 bits per heavy atom. The first-order valence-electron chi connectivity index (χ1n) is 10.0. The molecular weight excluding hydrogens is 356 g/mol. The van der Waals surface area contributed by atoms with Gasteiger partial charge in [0.2, 0.25) is 0 Å². The van der Waals surface area contributed by atoms with E-state index in [4.69, 9.17) is 9.47 Å². The zero-order chi connectivity index (χ0) is 19.9. The highest BCUT2D eigenvalue weighted by Gasteiger charge is 2.29. The van der Waals surface area contributed by atoms with E-state index in [9.17, 15) is 0 Å². The molecule has 0 unspecified atom stereocenters. The molecule has 0 aliphatic carbocycles. The zero-order valence-electron chi connectivity index (χ0n) is 17.4. The minimum atomic E-state index is 0.227. The number of methoxy groups -OCH3 is 2. The van der Waals surface area contributed by atoms with Crippen LogP contribution in [0.5, 0.6) is 5.75 Å². The molecule has 1 fully saturated rings. The summed E-state index contributed by atoms with van der Waals surface area (Å²) in [4.78, 5) is 4.95. The Morgan fingerprint density at radius 1 is 1.04 bits per heavy atom. The highest BCUT2D eigenvalue weighted by molar-refractivity contribution is 5.49. The van der Waals surface area contributed by atoms with Gasteiger partial charge in [0.15, 0.2) is 5.82 Å². The van der Waals surface area contributed by atoms with Crippen LogP contribution in [0.15, 0.2) is 24.3 Å². The molecule has 0 amide bonds. The normalized spacial score (nSPS) is 16.5. The summed E-state index contributed by atoms with van der Waals surface area (Å²) in [7, 11) is 3.40. The molecule has 0 bridgehead atoms. The minimum absolute atomic E-state index is 0.227. The third-order valence-corrected chi connectivity index (χ3v) is 5.25. The second kappa shape index (κ2) is 9.84. The first kappa shape index (κ1) is 20.5. The number of tetrazole rings is 1. The summed E-state index contributed by atoms with van der Waals surface area (Å²) in [6.07, 6.45) is 1.04. The highest BCUT2D eigenvalue weighted by atomic mass is 16.5. The van der Waals surface area contributed by atoms with Gasteiger partial charge < -0.3 is 14.4 Å². The number of rotatable bonds is 9. The molecule has 154 valence electrons. The maximum atomic E-state index is 5.27. The van der Waals surface area contributed by atoms with Crippen LogP contribution in [0.2, 0.25) is 0 Å². The van der Waals surface area contributed by atoms with Crippen LogP contribution < -0.4 is 9.64 Å². The summed E-state index contributed by atoms with van der Waals surface area (Å²) in [5.74, 6) is 2.41. The number of aromatic nitrogens is 4. The van der Waals surface area contributed by atoms with E-state index in [1.807, 2.05) is 16.8 Å². The summed E-state index contributed by atoms with van der Waals surface area (Å²) in [5, 5.41) is 12.5. The average Bonchev–Trinajstić information content (AvgIpc) is 3.19. The first-order valence-corrected chi connectivity index (χ1v) is 10.0. The second-order valence-corrected chi connectivity index (χ2v) is 7.62. The van der Waals surface area contributed by atoms with Crippen molar-refractivity contribution in [2.45, 2.75) is 32.9 Å². The summed E-state index contributed by atoms with van der Waals surface area (Å²) in [6, 6.07) is 8.53. The highest BCUT2D eigenvalue weighted by Crippen LogP contribution is 2.28. The molecule has 2 heterocycles. The van der Waals surface area contributed by atoms with E-state index < -0.39 is 0 Å². The van der Waals surface area contributed by atoms with E-state index in [1.165, 1.54) is 5.69 Å². The molecule has 0 saturated carbocycles. The van der Waals surface area contributed by atoms with Crippen LogP contribution in [0.3, 0.4) is 0 Å². The van der Waals surface area contributed by atoms with Gasteiger partial charge >= 0.3 is 0 Å². The van der Waals surface area contributed by atoms with Crippen molar-refractivity contribution in [2.24, 2.45) is 5.92 Å². The fourth-order valence-corrected chi connectivity index (χ4v) is 3.74. The molecule has 3 rings (SSSR count). The second-order valence-electron chi connectivity index (χ2n) is 7.62. The Hall–Kier alpha value is -2.19. The number of benzene rings is 1. The van der Waals surface area contributed by atoms with E-state index in [1.54, 1.807) is 14.2 Å². The summed E-state index contributed by atoms with van der Waals surface area (Å²) in [6.45, 7) is 9.74. The summed E-state index contributed by atoms with van der Waals surface area (Å²) >= 11 is 0. The molecule has 1 aliphatic heterocycles. The molecule has 8 nitrogen and oxygen atoms in total. The lowest BCUT2D eigenvalue weighted by Crippen LogP contribution is -2.48. The average molecular weight is 389 g/mol. The van der Waals surface area contributed by atoms with Crippen molar-refractivity contribution in [3.63, 3.8) is 0 Å². The van der Waals surface area contributed by atoms with Gasteiger partial charge in [-0.25, -0.2) is 4.68 Å². The van der Waals surface area contributed by atoms with Gasteiger partial charge in [-0.1, -0.05) is 13.8 Å². The molecular formula is C20H32N6O2. The van der Waals surface area contributed by atoms with Gasteiger partial charge in [0.1, 0.15) is 5.75 Å². The maximum absolute atomic E-state index is 5.27. The van der Waals surface area contributed by atoms with Crippen molar-refractivity contribution in [2.75, 3.05) is 51.9 Å². The largest absolute Gasteiger partial charge is 0.497 e. The van der Waals surface area contributed by atoms with Crippen molar-refractivity contribution in [3.8, 4) is 5.75 Å². The Bertz CT molecular complexity index is 710. The lowest BCUT2D eigenvalue weighted by molar-refractivity contribution is 0.145. The molecule has 0 radical (unpaired) electrons. The molecule has 8 heteroatoms. The van der Waals surface area contributed by atoms with Crippen LogP contribution in [0.25, 0.3) is 0 Å². The van der Waals surface area contributed by atoms with Gasteiger partial charge in [-0.05, 0) is 47.0 Å². The van der Waals surface area contributed by atoms with Crippen LogP contribution in [0.4, 0.5) is 5.69 Å². The zero-order valence-corrected chi connectivity index (χ0v) is 17.4. The summed E-state index contributed by atoms with van der Waals surface area (Å²) in [5.41, 5.74) is 1.24. The topological polar surface area (TPSA) is 68.5 Å². The van der Waals surface area contributed by atoms with Crippen LogP contribution in [-0.2, 0) is 11.3 Å². The van der Waals surface area contributed by atoms with Gasteiger partial charge in [-0.2, -0.15) is 0 Å². The molecule has 0 spiro atoms. The molecule has 28 heavy (non-hydrogen) atoms. The van der Waals surface area contributed by atoms with Crippen LogP contribution >= 0.6 is 0 Å². The fraction of sp³-hybridized carbons (Fsp3) is 0.650. The number of ether oxygens (including phenoxy) is 2. The Balaban J connectivity index is 1.68. The van der Waals surface area contributed by atoms with Gasteiger partial charge in [0.25, 0.3) is 0 Å². The Morgan fingerprint density at radius 3 is 2.36 bits per heavy atom. The minimum Gasteiger partial charge on any atom is -0.497 e. The van der Waals surface area contributed by atoms with E-state index in [0.29, 0.717) is 19.1 Å². The van der Waals surface area contributed by atoms with Crippen LogP contribution in [0, 0.1) is 5.92 Å². The van der Waals surface area contributed by atoms with Gasteiger partial charge in [-0.3, -0.25) is 4.90 Å². The molecule has 1 aromatic heterocycles. The molecule has 1 aromatic carbocycles. The predicted molar refractivity (Wildman–Crippen MR) is 109 cm³/mol. The number of anilines is 1. The molecule has 1 atom stereocenters. The molecule has 1 saturated heterocycles. The molecule has 0 N–H and O–H groups in total. The quantitative estimate of drug-likeness (QED) is 0.652. The Kier molecular flexibility index (Phi) is 7.22. The standard InChI is InChI=1S/C20H32N6O2/c1-16(2)15-19(20-21-22-23-26(20)13-14-27-3)25-11-9-24(10-12-25)17-5-7-18(28-4)8-6-17/h5-8,16,19H,9-15H2,1-4H3/t19-/m0/s1.